The van der Waals surface area contributed by atoms with Crippen LogP contribution in [0, 0.1) is 13.8 Å². The van der Waals surface area contributed by atoms with E-state index in [9.17, 15) is 4.79 Å². The molecule has 1 aromatic heterocycles. The highest BCUT2D eigenvalue weighted by molar-refractivity contribution is 9.10. The zero-order valence-corrected chi connectivity index (χ0v) is 17.2. The Hall–Kier alpha value is -2.92. The minimum Gasteiger partial charge on any atom is -0.436 e. The van der Waals surface area contributed by atoms with Crippen molar-refractivity contribution in [2.24, 2.45) is 0 Å². The monoisotopic (exact) mass is 434 g/mol. The van der Waals surface area contributed by atoms with Crippen LogP contribution in [0.1, 0.15) is 27.0 Å². The summed E-state index contributed by atoms with van der Waals surface area (Å²) in [5.41, 5.74) is 6.59. The van der Waals surface area contributed by atoms with Crippen molar-refractivity contribution in [3.63, 3.8) is 0 Å². The third-order valence-corrected chi connectivity index (χ3v) is 5.24. The number of amides is 1. The smallest absolute Gasteiger partial charge is 0.251 e. The number of oxazole rings is 1. The molecule has 0 aliphatic carbocycles. The van der Waals surface area contributed by atoms with Crippen LogP contribution in [0.5, 0.6) is 0 Å². The number of fused-ring (bicyclic) bond motifs is 1. The topological polar surface area (TPSA) is 55.1 Å². The molecule has 1 amide bonds. The minimum atomic E-state index is -0.102. The van der Waals surface area contributed by atoms with E-state index in [0.717, 1.165) is 26.7 Å². The van der Waals surface area contributed by atoms with E-state index >= 15 is 0 Å². The van der Waals surface area contributed by atoms with Gasteiger partial charge in [-0.25, -0.2) is 4.98 Å². The van der Waals surface area contributed by atoms with Gasteiger partial charge < -0.3 is 9.73 Å². The molecule has 0 unspecified atom stereocenters. The van der Waals surface area contributed by atoms with Crippen LogP contribution < -0.4 is 5.32 Å². The van der Waals surface area contributed by atoms with E-state index in [1.54, 1.807) is 12.1 Å². The first-order valence-electron chi connectivity index (χ1n) is 9.00. The molecule has 0 radical (unpaired) electrons. The molecule has 3 aromatic carbocycles. The number of hydrogen-bond acceptors (Lipinski definition) is 3. The number of nitrogens with one attached hydrogen (secondary N) is 1. The summed E-state index contributed by atoms with van der Waals surface area (Å²) in [6.45, 7) is 4.59. The zero-order chi connectivity index (χ0) is 19.7. The molecule has 4 aromatic rings. The number of rotatable bonds is 4. The first kappa shape index (κ1) is 18.4. The molecular formula is C23H19BrN2O2. The Kier molecular flexibility index (Phi) is 5.01. The number of benzene rings is 3. The molecule has 1 heterocycles. The molecule has 1 N–H and O–H groups in total. The number of carbonyl (C=O) groups excluding carboxylic acids is 1. The van der Waals surface area contributed by atoms with Gasteiger partial charge in [0.2, 0.25) is 5.89 Å². The van der Waals surface area contributed by atoms with Crippen molar-refractivity contribution in [1.29, 1.82) is 0 Å². The summed E-state index contributed by atoms with van der Waals surface area (Å²) < 4.78 is 6.79. The van der Waals surface area contributed by atoms with Gasteiger partial charge in [-0.1, -0.05) is 34.1 Å². The summed E-state index contributed by atoms with van der Waals surface area (Å²) in [6, 6.07) is 19.3. The average Bonchev–Trinajstić information content (AvgIpc) is 3.09. The summed E-state index contributed by atoms with van der Waals surface area (Å²) in [4.78, 5) is 16.9. The summed E-state index contributed by atoms with van der Waals surface area (Å²) in [7, 11) is 0. The standard InChI is InChI=1S/C23H19BrN2O2/c1-14-10-20-21(11-15(14)2)28-23(26-20)17-8-6-16(7-9-17)13-25-22(27)18-4-3-5-19(24)12-18/h3-12H,13H2,1-2H3,(H,25,27). The highest BCUT2D eigenvalue weighted by Crippen LogP contribution is 2.26. The summed E-state index contributed by atoms with van der Waals surface area (Å²) in [5, 5.41) is 2.94. The van der Waals surface area contributed by atoms with Crippen LogP contribution in [0.3, 0.4) is 0 Å². The van der Waals surface area contributed by atoms with Crippen molar-refractivity contribution in [2.75, 3.05) is 0 Å². The number of halogens is 1. The number of aryl methyl sites for hydroxylation is 2. The average molecular weight is 435 g/mol. The summed E-state index contributed by atoms with van der Waals surface area (Å²) in [5.74, 6) is 0.500. The molecule has 0 aliphatic heterocycles. The van der Waals surface area contributed by atoms with E-state index in [-0.39, 0.29) is 5.91 Å². The van der Waals surface area contributed by atoms with Gasteiger partial charge >= 0.3 is 0 Å². The van der Waals surface area contributed by atoms with Gasteiger partial charge in [-0.05, 0) is 73.0 Å². The maximum Gasteiger partial charge on any atom is 0.251 e. The molecule has 0 fully saturated rings. The molecule has 4 nitrogen and oxygen atoms in total. The SMILES string of the molecule is Cc1cc2nc(-c3ccc(CNC(=O)c4cccc(Br)c4)cc3)oc2cc1C. The number of hydrogen-bond donors (Lipinski definition) is 1. The third-order valence-electron chi connectivity index (χ3n) is 4.74. The Bertz CT molecular complexity index is 1120. The number of carbonyl (C=O) groups is 1. The minimum absolute atomic E-state index is 0.102. The molecule has 4 rings (SSSR count). The molecule has 140 valence electrons. The predicted molar refractivity (Wildman–Crippen MR) is 114 cm³/mol. The highest BCUT2D eigenvalue weighted by Gasteiger charge is 2.10. The van der Waals surface area contributed by atoms with E-state index in [0.29, 0.717) is 18.0 Å². The third kappa shape index (κ3) is 3.85. The van der Waals surface area contributed by atoms with Crippen LogP contribution in [-0.4, -0.2) is 10.9 Å². The normalized spacial score (nSPS) is 11.0. The van der Waals surface area contributed by atoms with E-state index in [2.05, 4.69) is 40.1 Å². The molecule has 0 atom stereocenters. The zero-order valence-electron chi connectivity index (χ0n) is 15.6. The maximum absolute atomic E-state index is 12.3. The van der Waals surface area contributed by atoms with Gasteiger partial charge in [-0.15, -0.1) is 0 Å². The Morgan fingerprint density at radius 2 is 1.79 bits per heavy atom. The highest BCUT2D eigenvalue weighted by atomic mass is 79.9. The van der Waals surface area contributed by atoms with Gasteiger partial charge in [0.05, 0.1) is 0 Å². The van der Waals surface area contributed by atoms with Gasteiger partial charge in [0.25, 0.3) is 5.91 Å². The molecular weight excluding hydrogens is 416 g/mol. The van der Waals surface area contributed by atoms with Crippen molar-refractivity contribution < 1.29 is 9.21 Å². The molecule has 0 bridgehead atoms. The quantitative estimate of drug-likeness (QED) is 0.441. The van der Waals surface area contributed by atoms with Crippen LogP contribution >= 0.6 is 15.9 Å². The van der Waals surface area contributed by atoms with Crippen LogP contribution in [0.15, 0.2) is 69.6 Å². The van der Waals surface area contributed by atoms with E-state index in [1.807, 2.05) is 48.5 Å². The van der Waals surface area contributed by atoms with Crippen molar-refractivity contribution in [1.82, 2.24) is 10.3 Å². The van der Waals surface area contributed by atoms with Crippen LogP contribution in [-0.2, 0) is 6.54 Å². The van der Waals surface area contributed by atoms with Crippen LogP contribution in [0.25, 0.3) is 22.6 Å². The van der Waals surface area contributed by atoms with Gasteiger partial charge in [-0.3, -0.25) is 4.79 Å². The molecule has 0 saturated carbocycles. The van der Waals surface area contributed by atoms with Crippen LogP contribution in [0.4, 0.5) is 0 Å². The fraction of sp³-hybridized carbons (Fsp3) is 0.130. The predicted octanol–water partition coefficient (Wildman–Crippen LogP) is 5.80. The van der Waals surface area contributed by atoms with Crippen molar-refractivity contribution in [2.45, 2.75) is 20.4 Å². The lowest BCUT2D eigenvalue weighted by atomic mass is 10.1. The molecule has 0 saturated heterocycles. The molecule has 28 heavy (non-hydrogen) atoms. The van der Waals surface area contributed by atoms with E-state index < -0.39 is 0 Å². The van der Waals surface area contributed by atoms with Gasteiger partial charge in [0.1, 0.15) is 5.52 Å². The van der Waals surface area contributed by atoms with Crippen LogP contribution in [0.2, 0.25) is 0 Å². The lowest BCUT2D eigenvalue weighted by molar-refractivity contribution is 0.0951. The fourth-order valence-corrected chi connectivity index (χ4v) is 3.38. The van der Waals surface area contributed by atoms with Gasteiger partial charge in [0, 0.05) is 22.1 Å². The van der Waals surface area contributed by atoms with Crippen molar-refractivity contribution in [3.8, 4) is 11.5 Å². The largest absolute Gasteiger partial charge is 0.436 e. The second kappa shape index (κ2) is 7.60. The van der Waals surface area contributed by atoms with Crippen molar-refractivity contribution in [3.05, 3.63) is 87.4 Å². The van der Waals surface area contributed by atoms with E-state index in [4.69, 9.17) is 4.42 Å². The Balaban J connectivity index is 1.47. The Morgan fingerprint density at radius 1 is 1.04 bits per heavy atom. The summed E-state index contributed by atoms with van der Waals surface area (Å²) >= 11 is 3.38. The molecule has 0 aliphatic rings. The first-order chi connectivity index (χ1) is 13.5. The fourth-order valence-electron chi connectivity index (χ4n) is 2.98. The second-order valence-electron chi connectivity index (χ2n) is 6.81. The van der Waals surface area contributed by atoms with Gasteiger partial charge in [-0.2, -0.15) is 0 Å². The first-order valence-corrected chi connectivity index (χ1v) is 9.80. The lowest BCUT2D eigenvalue weighted by Crippen LogP contribution is -2.22. The van der Waals surface area contributed by atoms with Gasteiger partial charge in [0.15, 0.2) is 5.58 Å². The lowest BCUT2D eigenvalue weighted by Gasteiger charge is -2.06. The summed E-state index contributed by atoms with van der Waals surface area (Å²) in [6.07, 6.45) is 0. The number of nitrogens with zero attached hydrogens (tertiary/aromatic N) is 1. The maximum atomic E-state index is 12.3. The Morgan fingerprint density at radius 3 is 2.54 bits per heavy atom. The number of aromatic nitrogens is 1. The second-order valence-corrected chi connectivity index (χ2v) is 7.73. The Labute approximate surface area is 171 Å². The molecule has 5 heteroatoms. The van der Waals surface area contributed by atoms with Crippen molar-refractivity contribution >= 4 is 32.9 Å². The van der Waals surface area contributed by atoms with E-state index in [1.165, 1.54) is 11.1 Å². The molecule has 0 spiro atoms.